The molecule has 0 radical (unpaired) electrons. The third-order valence-electron chi connectivity index (χ3n) is 2.39. The Kier molecular flexibility index (Phi) is 4.96. The Hall–Kier alpha value is -1.62. The lowest BCUT2D eigenvalue weighted by Gasteiger charge is -2.05. The van der Waals surface area contributed by atoms with Crippen LogP contribution in [0.25, 0.3) is 0 Å². The van der Waals surface area contributed by atoms with Crippen molar-refractivity contribution in [3.8, 4) is 5.75 Å². The van der Waals surface area contributed by atoms with Crippen LogP contribution in [0, 0.1) is 0 Å². The first kappa shape index (κ1) is 12.8. The smallest absolute Gasteiger partial charge is 0.202 e. The first-order valence-electron chi connectivity index (χ1n) is 6.13. The van der Waals surface area contributed by atoms with Gasteiger partial charge in [0.1, 0.15) is 11.6 Å². The Morgan fingerprint density at radius 1 is 1.28 bits per heavy atom. The van der Waals surface area contributed by atoms with Crippen molar-refractivity contribution in [3.63, 3.8) is 0 Å². The molecule has 1 aromatic carbocycles. The second kappa shape index (κ2) is 6.96. The lowest BCUT2D eigenvalue weighted by Crippen LogP contribution is -2.07. The molecule has 0 aliphatic heterocycles. The normalized spacial score (nSPS) is 10.3. The SMILES string of the molecule is CCc1nsc(NCCCOc2ccccc2)n1. The van der Waals surface area contributed by atoms with Crippen molar-refractivity contribution in [2.75, 3.05) is 18.5 Å². The molecule has 18 heavy (non-hydrogen) atoms. The van der Waals surface area contributed by atoms with E-state index < -0.39 is 0 Å². The number of hydrogen-bond acceptors (Lipinski definition) is 5. The van der Waals surface area contributed by atoms with Gasteiger partial charge in [0.25, 0.3) is 0 Å². The molecule has 0 fully saturated rings. The molecule has 0 saturated carbocycles. The summed E-state index contributed by atoms with van der Waals surface area (Å²) in [4.78, 5) is 4.34. The fourth-order valence-corrected chi connectivity index (χ4v) is 2.12. The molecule has 0 amide bonds. The molecular formula is C13H17N3OS. The van der Waals surface area contributed by atoms with Gasteiger partial charge in [-0.2, -0.15) is 4.37 Å². The summed E-state index contributed by atoms with van der Waals surface area (Å²) in [6, 6.07) is 9.86. The monoisotopic (exact) mass is 263 g/mol. The standard InChI is InChI=1S/C13H17N3OS/c1-2-12-15-13(18-16-12)14-9-6-10-17-11-7-4-3-5-8-11/h3-5,7-8H,2,6,9-10H2,1H3,(H,14,15,16). The van der Waals surface area contributed by atoms with E-state index in [1.807, 2.05) is 30.3 Å². The van der Waals surface area contributed by atoms with Gasteiger partial charge in [0, 0.05) is 24.5 Å². The van der Waals surface area contributed by atoms with E-state index >= 15 is 0 Å². The van der Waals surface area contributed by atoms with Crippen LogP contribution in [0.4, 0.5) is 5.13 Å². The van der Waals surface area contributed by atoms with Gasteiger partial charge in [0.05, 0.1) is 6.61 Å². The van der Waals surface area contributed by atoms with Crippen molar-refractivity contribution in [3.05, 3.63) is 36.2 Å². The van der Waals surface area contributed by atoms with E-state index in [2.05, 4.69) is 21.6 Å². The minimum Gasteiger partial charge on any atom is -0.494 e. The summed E-state index contributed by atoms with van der Waals surface area (Å²) in [6.07, 6.45) is 1.82. The second-order valence-electron chi connectivity index (χ2n) is 3.81. The van der Waals surface area contributed by atoms with Crippen molar-refractivity contribution < 1.29 is 4.74 Å². The zero-order valence-electron chi connectivity index (χ0n) is 10.4. The molecule has 1 N–H and O–H groups in total. The van der Waals surface area contributed by atoms with Crippen LogP contribution in [0.3, 0.4) is 0 Å². The van der Waals surface area contributed by atoms with Gasteiger partial charge in [-0.25, -0.2) is 4.98 Å². The van der Waals surface area contributed by atoms with E-state index in [1.54, 1.807) is 0 Å². The minimum absolute atomic E-state index is 0.705. The number of nitrogens with one attached hydrogen (secondary N) is 1. The number of rotatable bonds is 7. The maximum atomic E-state index is 5.60. The van der Waals surface area contributed by atoms with Crippen LogP contribution in [-0.4, -0.2) is 22.5 Å². The van der Waals surface area contributed by atoms with E-state index in [-0.39, 0.29) is 0 Å². The third-order valence-corrected chi connectivity index (χ3v) is 3.10. The summed E-state index contributed by atoms with van der Waals surface area (Å²) in [5, 5.41) is 4.15. The van der Waals surface area contributed by atoms with Crippen LogP contribution < -0.4 is 10.1 Å². The Bertz CT molecular complexity index is 458. The number of para-hydroxylation sites is 1. The van der Waals surface area contributed by atoms with Gasteiger partial charge in [0.2, 0.25) is 5.13 Å². The molecule has 0 spiro atoms. The molecule has 2 rings (SSSR count). The van der Waals surface area contributed by atoms with Gasteiger partial charge in [-0.3, -0.25) is 0 Å². The van der Waals surface area contributed by atoms with Gasteiger partial charge >= 0.3 is 0 Å². The summed E-state index contributed by atoms with van der Waals surface area (Å²) in [5.74, 6) is 1.82. The number of ether oxygens (including phenoxy) is 1. The molecule has 96 valence electrons. The molecule has 2 aromatic rings. The number of benzene rings is 1. The molecule has 0 aliphatic carbocycles. The highest BCUT2D eigenvalue weighted by atomic mass is 32.1. The Morgan fingerprint density at radius 3 is 2.83 bits per heavy atom. The van der Waals surface area contributed by atoms with Crippen LogP contribution in [0.2, 0.25) is 0 Å². The molecule has 1 aromatic heterocycles. The highest BCUT2D eigenvalue weighted by molar-refractivity contribution is 7.09. The molecule has 4 nitrogen and oxygen atoms in total. The molecule has 0 saturated heterocycles. The fourth-order valence-electron chi connectivity index (χ4n) is 1.44. The van der Waals surface area contributed by atoms with Crippen LogP contribution in [0.5, 0.6) is 5.75 Å². The van der Waals surface area contributed by atoms with E-state index in [0.29, 0.717) is 6.61 Å². The topological polar surface area (TPSA) is 47.0 Å². The minimum atomic E-state index is 0.705. The van der Waals surface area contributed by atoms with Crippen molar-refractivity contribution in [2.24, 2.45) is 0 Å². The van der Waals surface area contributed by atoms with Gasteiger partial charge in [-0.05, 0) is 18.6 Å². The summed E-state index contributed by atoms with van der Waals surface area (Å²) in [7, 11) is 0. The molecule has 1 heterocycles. The van der Waals surface area contributed by atoms with Crippen molar-refractivity contribution in [2.45, 2.75) is 19.8 Å². The average molecular weight is 263 g/mol. The van der Waals surface area contributed by atoms with E-state index in [4.69, 9.17) is 4.74 Å². The maximum absolute atomic E-state index is 5.60. The third kappa shape index (κ3) is 4.00. The zero-order chi connectivity index (χ0) is 12.6. The average Bonchev–Trinajstić information content (AvgIpc) is 2.87. The van der Waals surface area contributed by atoms with Crippen LogP contribution >= 0.6 is 11.5 Å². The second-order valence-corrected chi connectivity index (χ2v) is 4.56. The van der Waals surface area contributed by atoms with E-state index in [1.165, 1.54) is 11.5 Å². The van der Waals surface area contributed by atoms with Crippen molar-refractivity contribution in [1.82, 2.24) is 9.36 Å². The Labute approximate surface area is 111 Å². The van der Waals surface area contributed by atoms with Gasteiger partial charge in [-0.15, -0.1) is 0 Å². The summed E-state index contributed by atoms with van der Waals surface area (Å²) in [5.41, 5.74) is 0. The summed E-state index contributed by atoms with van der Waals surface area (Å²) in [6.45, 7) is 3.61. The fraction of sp³-hybridized carbons (Fsp3) is 0.385. The predicted octanol–water partition coefficient (Wildman–Crippen LogP) is 2.98. The lowest BCUT2D eigenvalue weighted by molar-refractivity contribution is 0.315. The van der Waals surface area contributed by atoms with Crippen LogP contribution in [-0.2, 0) is 6.42 Å². The Morgan fingerprint density at radius 2 is 2.11 bits per heavy atom. The van der Waals surface area contributed by atoms with Crippen molar-refractivity contribution >= 4 is 16.7 Å². The van der Waals surface area contributed by atoms with Gasteiger partial charge < -0.3 is 10.1 Å². The number of hydrogen-bond donors (Lipinski definition) is 1. The number of anilines is 1. The van der Waals surface area contributed by atoms with Crippen LogP contribution in [0.15, 0.2) is 30.3 Å². The maximum Gasteiger partial charge on any atom is 0.202 e. The van der Waals surface area contributed by atoms with E-state index in [0.717, 1.165) is 36.1 Å². The van der Waals surface area contributed by atoms with Gasteiger partial charge in [-0.1, -0.05) is 25.1 Å². The first-order valence-corrected chi connectivity index (χ1v) is 6.90. The molecule has 0 bridgehead atoms. The Balaban J connectivity index is 1.61. The largest absolute Gasteiger partial charge is 0.494 e. The van der Waals surface area contributed by atoms with Crippen molar-refractivity contribution in [1.29, 1.82) is 0 Å². The van der Waals surface area contributed by atoms with E-state index in [9.17, 15) is 0 Å². The number of nitrogens with zero attached hydrogens (tertiary/aromatic N) is 2. The highest BCUT2D eigenvalue weighted by Crippen LogP contribution is 2.11. The number of aromatic nitrogens is 2. The molecule has 0 aliphatic rings. The zero-order valence-corrected chi connectivity index (χ0v) is 11.2. The summed E-state index contributed by atoms with van der Waals surface area (Å²) < 4.78 is 9.82. The predicted molar refractivity (Wildman–Crippen MR) is 74.3 cm³/mol. The lowest BCUT2D eigenvalue weighted by atomic mass is 10.3. The van der Waals surface area contributed by atoms with Gasteiger partial charge in [0.15, 0.2) is 0 Å². The molecule has 5 heteroatoms. The quantitative estimate of drug-likeness (QED) is 0.780. The first-order chi connectivity index (χ1) is 8.88. The number of aryl methyl sites for hydroxylation is 1. The van der Waals surface area contributed by atoms with Crippen LogP contribution in [0.1, 0.15) is 19.2 Å². The summed E-state index contributed by atoms with van der Waals surface area (Å²) >= 11 is 1.42. The highest BCUT2D eigenvalue weighted by Gasteiger charge is 2.00. The molecular weight excluding hydrogens is 246 g/mol. The molecule has 0 unspecified atom stereocenters. The molecule has 0 atom stereocenters.